The summed E-state index contributed by atoms with van der Waals surface area (Å²) in [7, 11) is 0. The summed E-state index contributed by atoms with van der Waals surface area (Å²) in [6.45, 7) is 0.708. The van der Waals surface area contributed by atoms with Gasteiger partial charge in [0.05, 0.1) is 16.2 Å². The van der Waals surface area contributed by atoms with Crippen molar-refractivity contribution in [2.75, 3.05) is 6.61 Å². The SMILES string of the molecule is O=C(COc1ccc(F)c(Cl)c1)CC1CCC(NCc2ccc3cc(Cl)ccc3n2)CC1. The van der Waals surface area contributed by atoms with Crippen molar-refractivity contribution in [3.8, 4) is 5.75 Å². The first-order valence-electron chi connectivity index (χ1n) is 10.8. The van der Waals surface area contributed by atoms with Crippen LogP contribution in [0.1, 0.15) is 37.8 Å². The van der Waals surface area contributed by atoms with E-state index in [2.05, 4.69) is 11.4 Å². The van der Waals surface area contributed by atoms with Crippen LogP contribution in [0.3, 0.4) is 0 Å². The summed E-state index contributed by atoms with van der Waals surface area (Å²) in [6.07, 6.45) is 4.60. The number of pyridine rings is 1. The van der Waals surface area contributed by atoms with Crippen LogP contribution in [0.5, 0.6) is 5.75 Å². The van der Waals surface area contributed by atoms with Crippen LogP contribution in [0.4, 0.5) is 4.39 Å². The minimum absolute atomic E-state index is 0.0101. The summed E-state index contributed by atoms with van der Waals surface area (Å²) in [6, 6.07) is 14.3. The summed E-state index contributed by atoms with van der Waals surface area (Å²) < 4.78 is 18.7. The lowest BCUT2D eigenvalue weighted by Gasteiger charge is -2.29. The predicted octanol–water partition coefficient (Wildman–Crippen LogP) is 6.37. The van der Waals surface area contributed by atoms with Gasteiger partial charge in [-0.3, -0.25) is 9.78 Å². The van der Waals surface area contributed by atoms with E-state index in [9.17, 15) is 9.18 Å². The van der Waals surface area contributed by atoms with Gasteiger partial charge in [0, 0.05) is 35.5 Å². The number of ketones is 1. The van der Waals surface area contributed by atoms with Crippen LogP contribution in [0.25, 0.3) is 10.9 Å². The number of fused-ring (bicyclic) bond motifs is 1. The standard InChI is InChI=1S/C25H25Cl2FN2O2/c26-18-4-10-25-17(12-18)3-7-20(30-25)14-29-19-5-1-16(2-6-19)11-21(31)15-32-22-8-9-24(28)23(27)13-22/h3-4,7-10,12-13,16,19,29H,1-2,5-6,11,14-15H2. The molecule has 1 fully saturated rings. The van der Waals surface area contributed by atoms with Gasteiger partial charge in [0.2, 0.25) is 0 Å². The maximum Gasteiger partial charge on any atom is 0.170 e. The quantitative estimate of drug-likeness (QED) is 0.412. The second-order valence-corrected chi connectivity index (χ2v) is 9.19. The second-order valence-electron chi connectivity index (χ2n) is 8.35. The molecule has 1 N–H and O–H groups in total. The molecule has 1 heterocycles. The lowest BCUT2D eigenvalue weighted by molar-refractivity contribution is -0.122. The lowest BCUT2D eigenvalue weighted by Crippen LogP contribution is -2.33. The van der Waals surface area contributed by atoms with E-state index in [-0.39, 0.29) is 17.4 Å². The molecule has 1 aliphatic carbocycles. The van der Waals surface area contributed by atoms with Crippen molar-refractivity contribution in [2.24, 2.45) is 5.92 Å². The molecule has 168 valence electrons. The Bertz CT molecular complexity index is 1100. The normalized spacial score (nSPS) is 18.6. The molecule has 1 saturated carbocycles. The highest BCUT2D eigenvalue weighted by Crippen LogP contribution is 2.28. The molecular weight excluding hydrogens is 450 g/mol. The number of nitrogens with zero attached hydrogens (tertiary/aromatic N) is 1. The molecule has 0 amide bonds. The Morgan fingerprint density at radius 1 is 1.06 bits per heavy atom. The summed E-state index contributed by atoms with van der Waals surface area (Å²) in [5.74, 6) is 0.340. The molecular formula is C25H25Cl2FN2O2. The van der Waals surface area contributed by atoms with E-state index in [1.54, 1.807) is 0 Å². The number of ether oxygens (including phenoxy) is 1. The number of aromatic nitrogens is 1. The molecule has 1 aromatic heterocycles. The first kappa shape index (κ1) is 23.0. The number of hydrogen-bond donors (Lipinski definition) is 1. The molecule has 0 aliphatic heterocycles. The number of hydrogen-bond acceptors (Lipinski definition) is 4. The maximum atomic E-state index is 13.2. The second kappa shape index (κ2) is 10.6. The number of nitrogens with one attached hydrogen (secondary N) is 1. The molecule has 1 aliphatic rings. The van der Waals surface area contributed by atoms with Gasteiger partial charge in [-0.25, -0.2) is 4.39 Å². The van der Waals surface area contributed by atoms with Crippen molar-refractivity contribution >= 4 is 39.9 Å². The zero-order valence-corrected chi connectivity index (χ0v) is 19.1. The Morgan fingerprint density at radius 2 is 1.88 bits per heavy atom. The summed E-state index contributed by atoms with van der Waals surface area (Å²) in [5, 5.41) is 5.35. The molecule has 0 bridgehead atoms. The van der Waals surface area contributed by atoms with Gasteiger partial charge >= 0.3 is 0 Å². The van der Waals surface area contributed by atoms with Gasteiger partial charge in [-0.15, -0.1) is 0 Å². The number of rotatable bonds is 8. The predicted molar refractivity (Wildman–Crippen MR) is 126 cm³/mol. The largest absolute Gasteiger partial charge is 0.486 e. The maximum absolute atomic E-state index is 13.2. The third-order valence-electron chi connectivity index (χ3n) is 5.93. The van der Waals surface area contributed by atoms with E-state index in [0.717, 1.165) is 48.8 Å². The zero-order chi connectivity index (χ0) is 22.5. The summed E-state index contributed by atoms with van der Waals surface area (Å²) in [5.41, 5.74) is 1.95. The first-order chi connectivity index (χ1) is 15.5. The molecule has 0 radical (unpaired) electrons. The Balaban J connectivity index is 1.18. The zero-order valence-electron chi connectivity index (χ0n) is 17.6. The van der Waals surface area contributed by atoms with Crippen molar-refractivity contribution in [1.29, 1.82) is 0 Å². The highest BCUT2D eigenvalue weighted by atomic mass is 35.5. The molecule has 4 rings (SSSR count). The van der Waals surface area contributed by atoms with Crippen LogP contribution < -0.4 is 10.1 Å². The fraction of sp³-hybridized carbons (Fsp3) is 0.360. The van der Waals surface area contributed by atoms with Crippen LogP contribution in [-0.2, 0) is 11.3 Å². The third kappa shape index (κ3) is 6.18. The monoisotopic (exact) mass is 474 g/mol. The minimum atomic E-state index is -0.503. The Hall–Kier alpha value is -2.21. The molecule has 0 atom stereocenters. The van der Waals surface area contributed by atoms with Gasteiger partial charge in [-0.05, 0) is 68.0 Å². The molecule has 3 aromatic rings. The fourth-order valence-corrected chi connectivity index (χ4v) is 4.52. The van der Waals surface area contributed by atoms with Crippen LogP contribution in [-0.4, -0.2) is 23.4 Å². The van der Waals surface area contributed by atoms with Gasteiger partial charge in [0.15, 0.2) is 5.78 Å². The third-order valence-corrected chi connectivity index (χ3v) is 6.46. The molecule has 2 aromatic carbocycles. The van der Waals surface area contributed by atoms with Crippen LogP contribution >= 0.6 is 23.2 Å². The van der Waals surface area contributed by atoms with E-state index < -0.39 is 5.82 Å². The smallest absolute Gasteiger partial charge is 0.170 e. The molecule has 4 nitrogen and oxygen atoms in total. The van der Waals surface area contributed by atoms with E-state index in [1.807, 2.05) is 24.3 Å². The van der Waals surface area contributed by atoms with Crippen molar-refractivity contribution in [1.82, 2.24) is 10.3 Å². The highest BCUT2D eigenvalue weighted by Gasteiger charge is 2.23. The summed E-state index contributed by atoms with van der Waals surface area (Å²) >= 11 is 11.8. The number of halogens is 3. The number of carbonyl (C=O) groups excluding carboxylic acids is 1. The van der Waals surface area contributed by atoms with Crippen molar-refractivity contribution in [3.63, 3.8) is 0 Å². The Morgan fingerprint density at radius 3 is 2.66 bits per heavy atom. The van der Waals surface area contributed by atoms with Crippen LogP contribution in [0.15, 0.2) is 48.5 Å². The fourth-order valence-electron chi connectivity index (χ4n) is 4.17. The van der Waals surface area contributed by atoms with Crippen molar-refractivity contribution in [2.45, 2.75) is 44.7 Å². The van der Waals surface area contributed by atoms with Gasteiger partial charge in [-0.2, -0.15) is 0 Å². The number of benzene rings is 2. The average molecular weight is 475 g/mol. The topological polar surface area (TPSA) is 51.2 Å². The molecule has 0 unspecified atom stereocenters. The highest BCUT2D eigenvalue weighted by molar-refractivity contribution is 6.31. The van der Waals surface area contributed by atoms with Crippen molar-refractivity contribution < 1.29 is 13.9 Å². The van der Waals surface area contributed by atoms with Gasteiger partial charge in [-0.1, -0.05) is 29.3 Å². The molecule has 0 spiro atoms. The Labute approximate surface area is 197 Å². The average Bonchev–Trinajstić information content (AvgIpc) is 2.79. The van der Waals surface area contributed by atoms with Gasteiger partial charge in [0.25, 0.3) is 0 Å². The van der Waals surface area contributed by atoms with Gasteiger partial charge in [0.1, 0.15) is 18.2 Å². The minimum Gasteiger partial charge on any atom is -0.486 e. The van der Waals surface area contributed by atoms with E-state index in [0.29, 0.717) is 29.2 Å². The lowest BCUT2D eigenvalue weighted by atomic mass is 9.83. The molecule has 7 heteroatoms. The number of carbonyl (C=O) groups is 1. The molecule has 32 heavy (non-hydrogen) atoms. The Kier molecular flexibility index (Phi) is 7.61. The summed E-state index contributed by atoms with van der Waals surface area (Å²) in [4.78, 5) is 17.0. The number of Topliss-reactive ketones (excluding diaryl/α,β-unsaturated/α-hetero) is 1. The van der Waals surface area contributed by atoms with E-state index in [1.165, 1.54) is 18.2 Å². The van der Waals surface area contributed by atoms with E-state index in [4.69, 9.17) is 32.9 Å². The van der Waals surface area contributed by atoms with Crippen LogP contribution in [0, 0.1) is 11.7 Å². The first-order valence-corrected chi connectivity index (χ1v) is 11.6. The van der Waals surface area contributed by atoms with Crippen LogP contribution in [0.2, 0.25) is 10.0 Å². The van der Waals surface area contributed by atoms with E-state index >= 15 is 0 Å². The molecule has 0 saturated heterocycles. The van der Waals surface area contributed by atoms with Gasteiger partial charge < -0.3 is 10.1 Å². The van der Waals surface area contributed by atoms with Crippen molar-refractivity contribution in [3.05, 3.63) is 70.1 Å².